The van der Waals surface area contributed by atoms with Crippen LogP contribution in [0.3, 0.4) is 0 Å². The Morgan fingerprint density at radius 1 is 1.16 bits per heavy atom. The van der Waals surface area contributed by atoms with Crippen molar-refractivity contribution in [3.05, 3.63) is 65.5 Å². The maximum Gasteiger partial charge on any atom is 0.220 e. The third-order valence-electron chi connectivity index (χ3n) is 5.23. The van der Waals surface area contributed by atoms with Gasteiger partial charge in [0.25, 0.3) is 0 Å². The van der Waals surface area contributed by atoms with Crippen molar-refractivity contribution < 1.29 is 4.79 Å². The lowest BCUT2D eigenvalue weighted by Gasteiger charge is -2.24. The quantitative estimate of drug-likeness (QED) is 0.724. The number of rotatable bonds is 3. The summed E-state index contributed by atoms with van der Waals surface area (Å²) in [5.41, 5.74) is 4.71. The summed E-state index contributed by atoms with van der Waals surface area (Å²) >= 11 is 0. The number of aryl methyl sites for hydroxylation is 1. The normalized spacial score (nSPS) is 17.4. The van der Waals surface area contributed by atoms with Crippen molar-refractivity contribution in [2.24, 2.45) is 0 Å². The number of carbonyl (C=O) groups is 1. The van der Waals surface area contributed by atoms with Crippen LogP contribution in [0.2, 0.25) is 0 Å². The predicted molar refractivity (Wildman–Crippen MR) is 99.4 cm³/mol. The van der Waals surface area contributed by atoms with Crippen LogP contribution in [0.4, 0.5) is 0 Å². The van der Waals surface area contributed by atoms with Crippen LogP contribution in [0, 0.1) is 6.92 Å². The van der Waals surface area contributed by atoms with E-state index < -0.39 is 0 Å². The van der Waals surface area contributed by atoms with E-state index in [0.717, 1.165) is 42.8 Å². The largest absolute Gasteiger partial charge is 0.333 e. The number of imidazole rings is 1. The molecule has 0 unspecified atom stereocenters. The zero-order valence-corrected chi connectivity index (χ0v) is 14.8. The first-order valence-corrected chi connectivity index (χ1v) is 8.92. The Bertz CT molecular complexity index is 928. The molecule has 4 heteroatoms. The molecule has 1 fully saturated rings. The van der Waals surface area contributed by atoms with Crippen molar-refractivity contribution in [1.82, 2.24) is 14.5 Å². The molecule has 4 rings (SSSR count). The van der Waals surface area contributed by atoms with Gasteiger partial charge in [-0.1, -0.05) is 36.4 Å². The van der Waals surface area contributed by atoms with E-state index >= 15 is 0 Å². The number of hydrogen-bond acceptors (Lipinski definition) is 2. The van der Waals surface area contributed by atoms with Gasteiger partial charge in [-0.2, -0.15) is 0 Å². The van der Waals surface area contributed by atoms with Gasteiger partial charge in [-0.05, 0) is 43.0 Å². The van der Waals surface area contributed by atoms with Gasteiger partial charge in [-0.15, -0.1) is 0 Å². The molecule has 1 atom stereocenters. The van der Waals surface area contributed by atoms with Crippen molar-refractivity contribution in [3.63, 3.8) is 0 Å². The standard InChI is InChI=1S/C21H23N3O/c1-15-8-3-4-9-17(15)14-24-19-11-6-5-10-18(19)22-21(24)20-12-7-13-23(20)16(2)25/h3-6,8-11,20H,7,12-14H2,1-2H3/t20-/m0/s1. The van der Waals surface area contributed by atoms with Crippen molar-refractivity contribution >= 4 is 16.9 Å². The molecule has 2 heterocycles. The lowest BCUT2D eigenvalue weighted by molar-refractivity contribution is -0.129. The van der Waals surface area contributed by atoms with E-state index in [0.29, 0.717) is 0 Å². The Kier molecular flexibility index (Phi) is 4.04. The second-order valence-electron chi connectivity index (χ2n) is 6.84. The van der Waals surface area contributed by atoms with Crippen LogP contribution in [-0.2, 0) is 11.3 Å². The van der Waals surface area contributed by atoms with E-state index in [-0.39, 0.29) is 11.9 Å². The summed E-state index contributed by atoms with van der Waals surface area (Å²) in [6.07, 6.45) is 2.02. The molecule has 0 saturated carbocycles. The molecule has 25 heavy (non-hydrogen) atoms. The molecule has 0 bridgehead atoms. The second-order valence-corrected chi connectivity index (χ2v) is 6.84. The van der Waals surface area contributed by atoms with E-state index in [9.17, 15) is 4.79 Å². The van der Waals surface area contributed by atoms with E-state index in [2.05, 4.69) is 54.0 Å². The number of hydrogen-bond donors (Lipinski definition) is 0. The summed E-state index contributed by atoms with van der Waals surface area (Å²) in [6, 6.07) is 16.8. The average molecular weight is 333 g/mol. The molecule has 1 aromatic heterocycles. The average Bonchev–Trinajstić information content (AvgIpc) is 3.22. The van der Waals surface area contributed by atoms with Crippen molar-refractivity contribution in [2.45, 2.75) is 39.3 Å². The van der Waals surface area contributed by atoms with E-state index in [1.807, 2.05) is 11.0 Å². The number of benzene rings is 2. The van der Waals surface area contributed by atoms with Gasteiger partial charge in [0, 0.05) is 20.0 Å². The summed E-state index contributed by atoms with van der Waals surface area (Å²) in [4.78, 5) is 18.9. The fraction of sp³-hybridized carbons (Fsp3) is 0.333. The third kappa shape index (κ3) is 2.82. The van der Waals surface area contributed by atoms with Crippen LogP contribution >= 0.6 is 0 Å². The molecule has 0 radical (unpaired) electrons. The molecule has 0 aliphatic carbocycles. The van der Waals surface area contributed by atoms with Gasteiger partial charge >= 0.3 is 0 Å². The first-order valence-electron chi connectivity index (χ1n) is 8.92. The van der Waals surface area contributed by atoms with E-state index in [1.54, 1.807) is 6.92 Å². The fourth-order valence-corrected chi connectivity index (χ4v) is 3.88. The Morgan fingerprint density at radius 3 is 2.72 bits per heavy atom. The SMILES string of the molecule is CC(=O)N1CCC[C@H]1c1nc2ccccc2n1Cc1ccccc1C. The molecule has 2 aromatic carbocycles. The summed E-state index contributed by atoms with van der Waals surface area (Å²) < 4.78 is 2.30. The number of aromatic nitrogens is 2. The van der Waals surface area contributed by atoms with Crippen LogP contribution in [-0.4, -0.2) is 26.9 Å². The van der Waals surface area contributed by atoms with Crippen LogP contribution in [0.25, 0.3) is 11.0 Å². The van der Waals surface area contributed by atoms with Crippen LogP contribution in [0.5, 0.6) is 0 Å². The van der Waals surface area contributed by atoms with Crippen molar-refractivity contribution in [1.29, 1.82) is 0 Å². The zero-order chi connectivity index (χ0) is 17.4. The minimum atomic E-state index is 0.0777. The fourth-order valence-electron chi connectivity index (χ4n) is 3.88. The Balaban J connectivity index is 1.84. The lowest BCUT2D eigenvalue weighted by Crippen LogP contribution is -2.30. The second kappa shape index (κ2) is 6.36. The minimum Gasteiger partial charge on any atom is -0.333 e. The zero-order valence-electron chi connectivity index (χ0n) is 14.8. The lowest BCUT2D eigenvalue weighted by atomic mass is 10.1. The highest BCUT2D eigenvalue weighted by atomic mass is 16.2. The topological polar surface area (TPSA) is 38.1 Å². The highest BCUT2D eigenvalue weighted by Crippen LogP contribution is 2.34. The monoisotopic (exact) mass is 333 g/mol. The maximum atomic E-state index is 12.1. The molecular weight excluding hydrogens is 310 g/mol. The molecule has 1 aliphatic heterocycles. The molecular formula is C21H23N3O. The van der Waals surface area contributed by atoms with Gasteiger partial charge in [0.15, 0.2) is 0 Å². The third-order valence-corrected chi connectivity index (χ3v) is 5.23. The van der Waals surface area contributed by atoms with Crippen molar-refractivity contribution in [3.8, 4) is 0 Å². The van der Waals surface area contributed by atoms with E-state index in [4.69, 9.17) is 4.98 Å². The van der Waals surface area contributed by atoms with Crippen LogP contribution < -0.4 is 0 Å². The van der Waals surface area contributed by atoms with Gasteiger partial charge in [0.05, 0.1) is 17.1 Å². The number of nitrogens with zero attached hydrogens (tertiary/aromatic N) is 3. The van der Waals surface area contributed by atoms with Gasteiger partial charge in [-0.25, -0.2) is 4.98 Å². The first kappa shape index (κ1) is 15.9. The molecule has 1 aliphatic rings. The Hall–Kier alpha value is -2.62. The van der Waals surface area contributed by atoms with Crippen molar-refractivity contribution in [2.75, 3.05) is 6.54 Å². The van der Waals surface area contributed by atoms with E-state index in [1.165, 1.54) is 11.1 Å². The Labute approximate surface area is 148 Å². The molecule has 0 N–H and O–H groups in total. The minimum absolute atomic E-state index is 0.0777. The summed E-state index contributed by atoms with van der Waals surface area (Å²) in [6.45, 7) is 5.41. The number of para-hydroxylation sites is 2. The summed E-state index contributed by atoms with van der Waals surface area (Å²) in [5.74, 6) is 1.15. The molecule has 1 saturated heterocycles. The van der Waals surface area contributed by atoms with Gasteiger partial charge in [-0.3, -0.25) is 4.79 Å². The highest BCUT2D eigenvalue weighted by molar-refractivity contribution is 5.77. The first-order chi connectivity index (χ1) is 12.1. The number of carbonyl (C=O) groups excluding carboxylic acids is 1. The van der Waals surface area contributed by atoms with Gasteiger partial charge in [0.2, 0.25) is 5.91 Å². The highest BCUT2D eigenvalue weighted by Gasteiger charge is 2.32. The van der Waals surface area contributed by atoms with Gasteiger partial charge < -0.3 is 9.47 Å². The summed E-state index contributed by atoms with van der Waals surface area (Å²) in [5, 5.41) is 0. The number of likely N-dealkylation sites (tertiary alicyclic amines) is 1. The maximum absolute atomic E-state index is 12.1. The molecule has 1 amide bonds. The molecule has 0 spiro atoms. The number of amides is 1. The predicted octanol–water partition coefficient (Wildman–Crippen LogP) is 4.08. The van der Waals surface area contributed by atoms with Crippen LogP contribution in [0.15, 0.2) is 48.5 Å². The smallest absolute Gasteiger partial charge is 0.220 e. The summed E-state index contributed by atoms with van der Waals surface area (Å²) in [7, 11) is 0. The molecule has 128 valence electrons. The van der Waals surface area contributed by atoms with Crippen LogP contribution in [0.1, 0.15) is 42.8 Å². The number of fused-ring (bicyclic) bond motifs is 1. The Morgan fingerprint density at radius 2 is 1.92 bits per heavy atom. The van der Waals surface area contributed by atoms with Gasteiger partial charge in [0.1, 0.15) is 5.82 Å². The molecule has 4 nitrogen and oxygen atoms in total. The molecule has 3 aromatic rings.